The molecule has 0 amide bonds. The van der Waals surface area contributed by atoms with Crippen LogP contribution in [0.2, 0.25) is 0 Å². The number of rotatable bonds is 2. The molecule has 0 bridgehead atoms. The molecular weight excluding hydrogens is 256 g/mol. The lowest BCUT2D eigenvalue weighted by Crippen LogP contribution is -2.25. The minimum atomic E-state index is -3.44. The molecule has 0 saturated carbocycles. The fourth-order valence-corrected chi connectivity index (χ4v) is 2.74. The van der Waals surface area contributed by atoms with Gasteiger partial charge in [0.25, 0.3) is 0 Å². The molecule has 0 aromatic heterocycles. The van der Waals surface area contributed by atoms with E-state index in [9.17, 15) is 13.2 Å². The standard InChI is InChI=1S/C12H14O5S/c1-12(2)6-7-4-8(18(3,15)16)5-9(11(13)14)10(7)17-12/h4-5H,6H2,1-3H3,(H,13,14). The Labute approximate surface area is 105 Å². The Morgan fingerprint density at radius 2 is 2.00 bits per heavy atom. The van der Waals surface area contributed by atoms with Crippen LogP contribution in [0.5, 0.6) is 5.75 Å². The molecule has 2 rings (SSSR count). The van der Waals surface area contributed by atoms with Gasteiger partial charge in [-0.2, -0.15) is 0 Å². The molecule has 0 fully saturated rings. The van der Waals surface area contributed by atoms with Crippen LogP contribution >= 0.6 is 0 Å². The molecule has 0 aliphatic carbocycles. The second-order valence-corrected chi connectivity index (χ2v) is 7.09. The van der Waals surface area contributed by atoms with E-state index in [-0.39, 0.29) is 16.2 Å². The van der Waals surface area contributed by atoms with Crippen LogP contribution in [0.4, 0.5) is 0 Å². The smallest absolute Gasteiger partial charge is 0.339 e. The van der Waals surface area contributed by atoms with Gasteiger partial charge in [-0.1, -0.05) is 0 Å². The van der Waals surface area contributed by atoms with Gasteiger partial charge in [0.05, 0.1) is 4.90 Å². The lowest BCUT2D eigenvalue weighted by molar-refractivity contribution is 0.0685. The maximum atomic E-state index is 11.5. The Morgan fingerprint density at radius 3 is 2.50 bits per heavy atom. The van der Waals surface area contributed by atoms with Gasteiger partial charge in [0, 0.05) is 18.2 Å². The molecule has 0 radical (unpaired) electrons. The highest BCUT2D eigenvalue weighted by atomic mass is 32.2. The highest BCUT2D eigenvalue weighted by Gasteiger charge is 2.34. The molecule has 1 aromatic rings. The molecule has 18 heavy (non-hydrogen) atoms. The van der Waals surface area contributed by atoms with E-state index < -0.39 is 21.4 Å². The molecule has 1 aliphatic heterocycles. The number of carbonyl (C=O) groups is 1. The molecule has 1 aliphatic rings. The van der Waals surface area contributed by atoms with Crippen molar-refractivity contribution in [2.45, 2.75) is 30.8 Å². The van der Waals surface area contributed by atoms with Gasteiger partial charge >= 0.3 is 5.97 Å². The summed E-state index contributed by atoms with van der Waals surface area (Å²) in [6, 6.07) is 2.64. The average Bonchev–Trinajstić information content (AvgIpc) is 2.47. The quantitative estimate of drug-likeness (QED) is 0.880. The first-order valence-corrected chi connectivity index (χ1v) is 7.28. The highest BCUT2D eigenvalue weighted by molar-refractivity contribution is 7.90. The molecule has 5 nitrogen and oxygen atoms in total. The monoisotopic (exact) mass is 270 g/mol. The Hall–Kier alpha value is -1.56. The zero-order valence-corrected chi connectivity index (χ0v) is 11.2. The minimum Gasteiger partial charge on any atom is -0.486 e. The van der Waals surface area contributed by atoms with E-state index in [0.717, 1.165) is 12.3 Å². The van der Waals surface area contributed by atoms with Crippen LogP contribution in [0.15, 0.2) is 17.0 Å². The van der Waals surface area contributed by atoms with E-state index >= 15 is 0 Å². The highest BCUT2D eigenvalue weighted by Crippen LogP contribution is 2.39. The molecule has 1 N–H and O–H groups in total. The summed E-state index contributed by atoms with van der Waals surface area (Å²) < 4.78 is 28.6. The summed E-state index contributed by atoms with van der Waals surface area (Å²) in [5, 5.41) is 9.13. The maximum Gasteiger partial charge on any atom is 0.339 e. The topological polar surface area (TPSA) is 80.7 Å². The van der Waals surface area contributed by atoms with E-state index in [1.54, 1.807) is 0 Å². The van der Waals surface area contributed by atoms with Crippen molar-refractivity contribution in [1.82, 2.24) is 0 Å². The van der Waals surface area contributed by atoms with E-state index in [1.807, 2.05) is 13.8 Å². The van der Waals surface area contributed by atoms with E-state index in [1.165, 1.54) is 6.07 Å². The molecule has 0 atom stereocenters. The maximum absolute atomic E-state index is 11.5. The molecule has 6 heteroatoms. The summed E-state index contributed by atoms with van der Waals surface area (Å²) in [5.74, 6) is -0.908. The van der Waals surface area contributed by atoms with Crippen LogP contribution in [0.1, 0.15) is 29.8 Å². The zero-order valence-electron chi connectivity index (χ0n) is 10.4. The molecule has 1 aromatic carbocycles. The van der Waals surface area contributed by atoms with Crippen LogP contribution in [0.3, 0.4) is 0 Å². The summed E-state index contributed by atoms with van der Waals surface area (Å²) in [4.78, 5) is 11.2. The van der Waals surface area contributed by atoms with Gasteiger partial charge in [0.1, 0.15) is 16.9 Å². The van der Waals surface area contributed by atoms with Crippen LogP contribution in [-0.2, 0) is 16.3 Å². The van der Waals surface area contributed by atoms with E-state index in [2.05, 4.69) is 0 Å². The van der Waals surface area contributed by atoms with E-state index in [0.29, 0.717) is 12.0 Å². The van der Waals surface area contributed by atoms with Gasteiger partial charge in [0.15, 0.2) is 9.84 Å². The molecule has 0 unspecified atom stereocenters. The summed E-state index contributed by atoms with van der Waals surface area (Å²) in [5.41, 5.74) is 0.0154. The molecule has 0 spiro atoms. The number of hydrogen-bond acceptors (Lipinski definition) is 4. The minimum absolute atomic E-state index is 0.0138. The number of hydrogen-bond donors (Lipinski definition) is 1. The van der Waals surface area contributed by atoms with Crippen molar-refractivity contribution in [3.63, 3.8) is 0 Å². The lowest BCUT2D eigenvalue weighted by Gasteiger charge is -2.17. The molecular formula is C12H14O5S. The van der Waals surface area contributed by atoms with E-state index in [4.69, 9.17) is 9.84 Å². The van der Waals surface area contributed by atoms with Crippen molar-refractivity contribution in [1.29, 1.82) is 0 Å². The third-order valence-corrected chi connectivity index (χ3v) is 3.88. The van der Waals surface area contributed by atoms with Gasteiger partial charge in [-0.3, -0.25) is 0 Å². The number of benzene rings is 1. The first kappa shape index (κ1) is 12.9. The van der Waals surface area contributed by atoms with Crippen LogP contribution < -0.4 is 4.74 Å². The Bertz CT molecular complexity index is 628. The summed E-state index contributed by atoms with van der Waals surface area (Å²) in [6.45, 7) is 3.66. The average molecular weight is 270 g/mol. The summed E-state index contributed by atoms with van der Waals surface area (Å²) in [7, 11) is -3.44. The van der Waals surface area contributed by atoms with Gasteiger partial charge in [-0.05, 0) is 26.0 Å². The number of fused-ring (bicyclic) bond motifs is 1. The molecule has 98 valence electrons. The van der Waals surface area contributed by atoms with Crippen molar-refractivity contribution >= 4 is 15.8 Å². The van der Waals surface area contributed by atoms with Crippen molar-refractivity contribution < 1.29 is 23.1 Å². The Kier molecular flexibility index (Phi) is 2.66. The van der Waals surface area contributed by atoms with Crippen molar-refractivity contribution in [3.8, 4) is 5.75 Å². The van der Waals surface area contributed by atoms with Gasteiger partial charge < -0.3 is 9.84 Å². The van der Waals surface area contributed by atoms with Crippen LogP contribution in [-0.4, -0.2) is 31.4 Å². The number of ether oxygens (including phenoxy) is 1. The predicted molar refractivity (Wildman–Crippen MR) is 64.9 cm³/mol. The lowest BCUT2D eigenvalue weighted by atomic mass is 10.0. The Morgan fingerprint density at radius 1 is 1.39 bits per heavy atom. The molecule has 0 saturated heterocycles. The summed E-state index contributed by atoms with van der Waals surface area (Å²) in [6.07, 6.45) is 1.55. The van der Waals surface area contributed by atoms with Crippen LogP contribution in [0, 0.1) is 0 Å². The van der Waals surface area contributed by atoms with Crippen LogP contribution in [0.25, 0.3) is 0 Å². The third-order valence-electron chi connectivity index (χ3n) is 2.79. The zero-order chi connectivity index (χ0) is 13.7. The number of sulfone groups is 1. The fourth-order valence-electron chi connectivity index (χ4n) is 2.06. The molecule has 1 heterocycles. The van der Waals surface area contributed by atoms with Crippen molar-refractivity contribution in [3.05, 3.63) is 23.3 Å². The van der Waals surface area contributed by atoms with Gasteiger partial charge in [-0.15, -0.1) is 0 Å². The number of carboxylic acid groups (broad SMARTS) is 1. The van der Waals surface area contributed by atoms with Crippen molar-refractivity contribution in [2.75, 3.05) is 6.26 Å². The number of aromatic carboxylic acids is 1. The van der Waals surface area contributed by atoms with Gasteiger partial charge in [0.2, 0.25) is 0 Å². The second-order valence-electron chi connectivity index (χ2n) is 5.07. The third kappa shape index (κ3) is 2.20. The number of carboxylic acids is 1. The Balaban J connectivity index is 2.69. The normalized spacial score (nSPS) is 17.1. The first-order valence-electron chi connectivity index (χ1n) is 5.39. The first-order chi connectivity index (χ1) is 8.10. The largest absolute Gasteiger partial charge is 0.486 e. The van der Waals surface area contributed by atoms with Gasteiger partial charge in [-0.25, -0.2) is 13.2 Å². The summed E-state index contributed by atoms with van der Waals surface area (Å²) >= 11 is 0. The SMILES string of the molecule is CC1(C)Cc2cc(S(C)(=O)=O)cc(C(=O)O)c2O1. The fraction of sp³-hybridized carbons (Fsp3) is 0.417. The predicted octanol–water partition coefficient (Wildman–Crippen LogP) is 1.50. The van der Waals surface area contributed by atoms with Crippen molar-refractivity contribution in [2.24, 2.45) is 0 Å². The second kappa shape index (κ2) is 3.71.